The lowest BCUT2D eigenvalue weighted by molar-refractivity contribution is -0.111. The van der Waals surface area contributed by atoms with Gasteiger partial charge in [-0.25, -0.2) is 0 Å². The lowest BCUT2D eigenvalue weighted by Crippen LogP contribution is -2.09. The lowest BCUT2D eigenvalue weighted by Gasteiger charge is -2.11. The van der Waals surface area contributed by atoms with Gasteiger partial charge in [-0.3, -0.25) is 4.79 Å². The van der Waals surface area contributed by atoms with Crippen molar-refractivity contribution in [3.63, 3.8) is 0 Å². The smallest absolute Gasteiger partial charge is 0.248 e. The van der Waals surface area contributed by atoms with Crippen molar-refractivity contribution in [3.8, 4) is 5.75 Å². The maximum absolute atomic E-state index is 12.0. The third-order valence-corrected chi connectivity index (χ3v) is 3.65. The number of nitrogens with one attached hydrogen (secondary N) is 1. The van der Waals surface area contributed by atoms with E-state index in [1.165, 1.54) is 11.6 Å². The first-order valence-corrected chi connectivity index (χ1v) is 7.27. The average molecular weight is 316 g/mol. The third kappa shape index (κ3) is 4.12. The molecular formula is C18H18ClNO2. The Morgan fingerprint density at radius 2 is 1.86 bits per heavy atom. The minimum absolute atomic E-state index is 0.222. The molecule has 0 aliphatic carbocycles. The molecule has 1 amide bonds. The molecule has 2 aromatic carbocycles. The van der Waals surface area contributed by atoms with E-state index < -0.39 is 0 Å². The van der Waals surface area contributed by atoms with E-state index in [0.717, 1.165) is 11.1 Å². The van der Waals surface area contributed by atoms with Gasteiger partial charge in [-0.2, -0.15) is 0 Å². The molecule has 0 saturated heterocycles. The summed E-state index contributed by atoms with van der Waals surface area (Å²) in [6, 6.07) is 11.4. The van der Waals surface area contributed by atoms with Crippen molar-refractivity contribution in [2.45, 2.75) is 13.8 Å². The van der Waals surface area contributed by atoms with E-state index in [2.05, 4.69) is 5.32 Å². The Morgan fingerprint density at radius 1 is 1.18 bits per heavy atom. The van der Waals surface area contributed by atoms with Crippen LogP contribution >= 0.6 is 11.6 Å². The van der Waals surface area contributed by atoms with E-state index in [1.54, 1.807) is 25.3 Å². The molecule has 0 unspecified atom stereocenters. The van der Waals surface area contributed by atoms with Gasteiger partial charge in [0.1, 0.15) is 5.75 Å². The largest absolute Gasteiger partial charge is 0.495 e. The van der Waals surface area contributed by atoms with E-state index in [1.807, 2.05) is 38.1 Å². The Bertz CT molecular complexity index is 706. The number of halogens is 1. The van der Waals surface area contributed by atoms with Crippen LogP contribution in [0.4, 0.5) is 5.69 Å². The number of ether oxygens (including phenoxy) is 1. The number of carbonyl (C=O) groups excluding carboxylic acids is 1. The highest BCUT2D eigenvalue weighted by Crippen LogP contribution is 2.30. The molecule has 0 heterocycles. The molecule has 0 bridgehead atoms. The third-order valence-electron chi connectivity index (χ3n) is 3.24. The highest BCUT2D eigenvalue weighted by Gasteiger charge is 2.08. The van der Waals surface area contributed by atoms with E-state index in [-0.39, 0.29) is 5.91 Å². The Balaban J connectivity index is 2.12. The van der Waals surface area contributed by atoms with Crippen LogP contribution in [0.15, 0.2) is 42.5 Å². The molecule has 2 rings (SSSR count). The second-order valence-corrected chi connectivity index (χ2v) is 5.44. The summed E-state index contributed by atoms with van der Waals surface area (Å²) < 4.78 is 5.23. The van der Waals surface area contributed by atoms with Crippen molar-refractivity contribution in [3.05, 3.63) is 64.2 Å². The van der Waals surface area contributed by atoms with Crippen molar-refractivity contribution >= 4 is 29.3 Å². The van der Waals surface area contributed by atoms with Gasteiger partial charge in [-0.15, -0.1) is 0 Å². The summed E-state index contributed by atoms with van der Waals surface area (Å²) in [5.74, 6) is 0.313. The number of amides is 1. The van der Waals surface area contributed by atoms with Crippen LogP contribution in [0.3, 0.4) is 0 Å². The first kappa shape index (κ1) is 16.1. The highest BCUT2D eigenvalue weighted by molar-refractivity contribution is 6.31. The number of aryl methyl sites for hydroxylation is 2. The molecule has 0 aliphatic rings. The van der Waals surface area contributed by atoms with Gasteiger partial charge in [0.05, 0.1) is 12.8 Å². The van der Waals surface area contributed by atoms with Crippen LogP contribution in [0.5, 0.6) is 5.75 Å². The fourth-order valence-electron chi connectivity index (χ4n) is 1.95. The predicted molar refractivity (Wildman–Crippen MR) is 91.6 cm³/mol. The molecular weight excluding hydrogens is 298 g/mol. The second kappa shape index (κ2) is 7.14. The molecule has 3 nitrogen and oxygen atoms in total. The van der Waals surface area contributed by atoms with Crippen molar-refractivity contribution in [1.29, 1.82) is 0 Å². The van der Waals surface area contributed by atoms with Crippen LogP contribution < -0.4 is 10.1 Å². The first-order chi connectivity index (χ1) is 10.5. The topological polar surface area (TPSA) is 38.3 Å². The average Bonchev–Trinajstić information content (AvgIpc) is 2.50. The van der Waals surface area contributed by atoms with Gasteiger partial charge in [-0.1, -0.05) is 41.4 Å². The normalized spacial score (nSPS) is 10.7. The van der Waals surface area contributed by atoms with Gasteiger partial charge < -0.3 is 10.1 Å². The van der Waals surface area contributed by atoms with Crippen LogP contribution in [0, 0.1) is 13.8 Å². The zero-order valence-corrected chi connectivity index (χ0v) is 13.6. The zero-order chi connectivity index (χ0) is 16.1. The number of hydrogen-bond acceptors (Lipinski definition) is 2. The summed E-state index contributed by atoms with van der Waals surface area (Å²) in [4.78, 5) is 12.0. The van der Waals surface area contributed by atoms with E-state index >= 15 is 0 Å². The number of methoxy groups -OCH3 is 1. The van der Waals surface area contributed by atoms with Gasteiger partial charge in [0, 0.05) is 17.2 Å². The molecule has 114 valence electrons. The van der Waals surface area contributed by atoms with Gasteiger partial charge in [0.2, 0.25) is 5.91 Å². The summed E-state index contributed by atoms with van der Waals surface area (Å²) in [6.07, 6.45) is 3.26. The zero-order valence-electron chi connectivity index (χ0n) is 12.8. The summed E-state index contributed by atoms with van der Waals surface area (Å²) in [6.45, 7) is 3.90. The molecule has 2 aromatic rings. The maximum Gasteiger partial charge on any atom is 0.248 e. The van der Waals surface area contributed by atoms with Crippen molar-refractivity contribution in [2.24, 2.45) is 0 Å². The van der Waals surface area contributed by atoms with Gasteiger partial charge in [-0.05, 0) is 37.1 Å². The Labute approximate surface area is 135 Å². The number of anilines is 1. The summed E-state index contributed by atoms with van der Waals surface area (Å²) in [5.41, 5.74) is 3.63. The molecule has 0 atom stereocenters. The van der Waals surface area contributed by atoms with Crippen molar-refractivity contribution in [1.82, 2.24) is 0 Å². The van der Waals surface area contributed by atoms with E-state index in [9.17, 15) is 4.79 Å². The Hall–Kier alpha value is -2.26. The highest BCUT2D eigenvalue weighted by atomic mass is 35.5. The monoisotopic (exact) mass is 315 g/mol. The van der Waals surface area contributed by atoms with Crippen LogP contribution in [-0.2, 0) is 4.79 Å². The summed E-state index contributed by atoms with van der Waals surface area (Å²) >= 11 is 6.05. The minimum Gasteiger partial charge on any atom is -0.495 e. The van der Waals surface area contributed by atoms with Gasteiger partial charge >= 0.3 is 0 Å². The quantitative estimate of drug-likeness (QED) is 0.836. The lowest BCUT2D eigenvalue weighted by atomic mass is 10.1. The first-order valence-electron chi connectivity index (χ1n) is 6.89. The molecule has 22 heavy (non-hydrogen) atoms. The summed E-state index contributed by atoms with van der Waals surface area (Å²) in [5, 5.41) is 3.40. The molecule has 0 radical (unpaired) electrons. The van der Waals surface area contributed by atoms with Crippen molar-refractivity contribution in [2.75, 3.05) is 12.4 Å². The van der Waals surface area contributed by atoms with E-state index in [4.69, 9.17) is 16.3 Å². The van der Waals surface area contributed by atoms with Gasteiger partial charge in [0.15, 0.2) is 0 Å². The van der Waals surface area contributed by atoms with Crippen LogP contribution in [0.1, 0.15) is 16.7 Å². The minimum atomic E-state index is -0.222. The molecule has 0 spiro atoms. The van der Waals surface area contributed by atoms with Crippen LogP contribution in [-0.4, -0.2) is 13.0 Å². The molecule has 4 heteroatoms. The SMILES string of the molecule is COc1cc(Cl)c(C)cc1NC(=O)C=Cc1ccc(C)cc1. The fraction of sp³-hybridized carbons (Fsp3) is 0.167. The molecule has 0 fully saturated rings. The van der Waals surface area contributed by atoms with Crippen LogP contribution in [0.25, 0.3) is 6.08 Å². The number of carbonyl (C=O) groups is 1. The summed E-state index contributed by atoms with van der Waals surface area (Å²) in [7, 11) is 1.54. The molecule has 0 aliphatic heterocycles. The van der Waals surface area contributed by atoms with Gasteiger partial charge in [0.25, 0.3) is 0 Å². The Morgan fingerprint density at radius 3 is 2.50 bits per heavy atom. The number of hydrogen-bond donors (Lipinski definition) is 1. The number of rotatable bonds is 4. The second-order valence-electron chi connectivity index (χ2n) is 5.03. The van der Waals surface area contributed by atoms with Crippen molar-refractivity contribution < 1.29 is 9.53 Å². The Kier molecular flexibility index (Phi) is 5.23. The molecule has 0 saturated carbocycles. The molecule has 1 N–H and O–H groups in total. The molecule has 0 aromatic heterocycles. The number of benzene rings is 2. The van der Waals surface area contributed by atoms with E-state index in [0.29, 0.717) is 16.5 Å². The predicted octanol–water partition coefficient (Wildman–Crippen LogP) is 4.62. The van der Waals surface area contributed by atoms with Crippen LogP contribution in [0.2, 0.25) is 5.02 Å². The standard InChI is InChI=1S/C18H18ClNO2/c1-12-4-6-14(7-5-12)8-9-18(21)20-16-10-13(2)15(19)11-17(16)22-3/h4-11H,1-3H3,(H,20,21). The fourth-order valence-corrected chi connectivity index (χ4v) is 2.11. The maximum atomic E-state index is 12.0.